The average molecular weight is 568 g/mol. The van der Waals surface area contributed by atoms with Crippen LogP contribution in [0.1, 0.15) is 27.0 Å². The highest BCUT2D eigenvalue weighted by molar-refractivity contribution is 9.10. The second-order valence-corrected chi connectivity index (χ2v) is 9.52. The number of carbonyl (C=O) groups excluding carboxylic acids is 2. The lowest BCUT2D eigenvalue weighted by molar-refractivity contribution is -0.388. The van der Waals surface area contributed by atoms with Gasteiger partial charge in [-0.1, -0.05) is 64.5 Å². The minimum atomic E-state index is -2.68. The molecule has 0 aromatic heterocycles. The Morgan fingerprint density at radius 1 is 1.11 bits per heavy atom. The number of fused-ring (bicyclic) bond motifs is 5. The number of hydrogen-bond acceptors (Lipinski definition) is 7. The lowest BCUT2D eigenvalue weighted by atomic mass is 9.82. The number of halogens is 1. The van der Waals surface area contributed by atoms with Crippen LogP contribution in [-0.2, 0) is 22.5 Å². The fraction of sp³-hybridized carbons (Fsp3) is 0.160. The van der Waals surface area contributed by atoms with E-state index in [1.165, 1.54) is 24.3 Å². The lowest BCUT2D eigenvalue weighted by Crippen LogP contribution is -2.63. The molecule has 4 N–H and O–H groups in total. The molecule has 1 heterocycles. The van der Waals surface area contributed by atoms with Crippen LogP contribution in [0.2, 0.25) is 0 Å². The van der Waals surface area contributed by atoms with E-state index in [0.717, 1.165) is 6.07 Å². The molecule has 2 aliphatic rings. The smallest absolute Gasteiger partial charge is 0.405 e. The third kappa shape index (κ3) is 3.64. The van der Waals surface area contributed by atoms with Gasteiger partial charge >= 0.3 is 6.09 Å². The molecule has 0 saturated heterocycles. The summed E-state index contributed by atoms with van der Waals surface area (Å²) in [6.07, 6.45) is -1.55. The number of ether oxygens (including phenoxy) is 1. The first kappa shape index (κ1) is 24.4. The Bertz CT molecular complexity index is 1480. The van der Waals surface area contributed by atoms with Crippen molar-refractivity contribution >= 4 is 39.4 Å². The van der Waals surface area contributed by atoms with Crippen molar-refractivity contribution in [1.29, 1.82) is 0 Å². The Hall–Kier alpha value is -4.29. The zero-order valence-corrected chi connectivity index (χ0v) is 20.4. The van der Waals surface area contributed by atoms with E-state index in [1.54, 1.807) is 36.4 Å². The molecule has 5 rings (SSSR count). The molecule has 3 aromatic rings. The third-order valence-electron chi connectivity index (χ3n) is 6.48. The van der Waals surface area contributed by atoms with Gasteiger partial charge in [-0.15, -0.1) is 0 Å². The first-order valence-corrected chi connectivity index (χ1v) is 11.8. The molecule has 11 nitrogen and oxygen atoms in total. The lowest BCUT2D eigenvalue weighted by Gasteiger charge is -2.35. The van der Waals surface area contributed by atoms with E-state index in [4.69, 9.17) is 4.74 Å². The Kier molecular flexibility index (Phi) is 5.72. The Labute approximate surface area is 217 Å². The summed E-state index contributed by atoms with van der Waals surface area (Å²) in [5, 5.41) is 37.8. The second-order valence-electron chi connectivity index (χ2n) is 8.60. The standard InChI is InChI=1S/C25H18BrN3O8/c26-14-9-10-16-19(12-14)37-25(34)20-15(7-4-8-18(20)29(35)36)21(30)24(16,25)28-22(31)17(27-23(32)33)11-13-5-2-1-3-6-13/h1-10,12,17,27,34H,11H2,(H,28,31)(H,32,33)/t17-,24-,25-/m0/s1. The van der Waals surface area contributed by atoms with Crippen molar-refractivity contribution in [3.8, 4) is 5.75 Å². The molecular formula is C25H18BrN3O8. The fourth-order valence-corrected chi connectivity index (χ4v) is 5.29. The minimum absolute atomic E-state index is 0.0140. The summed E-state index contributed by atoms with van der Waals surface area (Å²) < 4.78 is 6.35. The second kappa shape index (κ2) is 8.68. The van der Waals surface area contributed by atoms with Crippen LogP contribution in [0.4, 0.5) is 10.5 Å². The normalized spacial score (nSPS) is 21.7. The summed E-state index contributed by atoms with van der Waals surface area (Å²) >= 11 is 3.29. The van der Waals surface area contributed by atoms with Crippen molar-refractivity contribution in [2.24, 2.45) is 0 Å². The highest BCUT2D eigenvalue weighted by Gasteiger charge is 2.73. The number of Topliss-reactive ketones (excluding diaryl/α,β-unsaturated/α-hetero) is 1. The summed E-state index contributed by atoms with van der Waals surface area (Å²) in [6.45, 7) is 0. The number of benzene rings is 3. The molecule has 0 fully saturated rings. The van der Waals surface area contributed by atoms with Crippen LogP contribution < -0.4 is 15.4 Å². The number of nitro groups is 1. The van der Waals surface area contributed by atoms with Crippen molar-refractivity contribution < 1.29 is 34.3 Å². The molecule has 0 saturated carbocycles. The Morgan fingerprint density at radius 2 is 1.84 bits per heavy atom. The summed E-state index contributed by atoms with van der Waals surface area (Å²) in [7, 11) is 0. The van der Waals surface area contributed by atoms with E-state index < -0.39 is 51.3 Å². The molecule has 0 bridgehead atoms. The van der Waals surface area contributed by atoms with Crippen LogP contribution in [0, 0.1) is 10.1 Å². The number of carboxylic acid groups (broad SMARTS) is 1. The minimum Gasteiger partial charge on any atom is -0.465 e. The summed E-state index contributed by atoms with van der Waals surface area (Å²) in [4.78, 5) is 50.2. The number of carbonyl (C=O) groups is 3. The Balaban J connectivity index is 1.66. The van der Waals surface area contributed by atoms with Gasteiger partial charge in [-0.3, -0.25) is 19.7 Å². The largest absolute Gasteiger partial charge is 0.465 e. The monoisotopic (exact) mass is 567 g/mol. The van der Waals surface area contributed by atoms with Gasteiger partial charge < -0.3 is 25.6 Å². The number of ketones is 1. The quantitative estimate of drug-likeness (QED) is 0.260. The van der Waals surface area contributed by atoms with Crippen LogP contribution in [0.3, 0.4) is 0 Å². The van der Waals surface area contributed by atoms with Crippen LogP contribution >= 0.6 is 15.9 Å². The van der Waals surface area contributed by atoms with E-state index in [0.29, 0.717) is 10.0 Å². The number of amides is 2. The first-order chi connectivity index (χ1) is 17.6. The van der Waals surface area contributed by atoms with Crippen LogP contribution in [0.5, 0.6) is 5.75 Å². The Morgan fingerprint density at radius 3 is 2.51 bits per heavy atom. The van der Waals surface area contributed by atoms with Crippen LogP contribution in [0.25, 0.3) is 0 Å². The third-order valence-corrected chi connectivity index (χ3v) is 6.98. The molecule has 1 aliphatic heterocycles. The number of nitrogens with zero attached hydrogens (tertiary/aromatic N) is 1. The number of nitrogens with one attached hydrogen (secondary N) is 2. The molecule has 0 spiro atoms. The highest BCUT2D eigenvalue weighted by Crippen LogP contribution is 2.60. The maximum absolute atomic E-state index is 13.9. The first-order valence-electron chi connectivity index (χ1n) is 11.0. The van der Waals surface area contributed by atoms with Gasteiger partial charge in [-0.2, -0.15) is 0 Å². The summed E-state index contributed by atoms with van der Waals surface area (Å²) in [5.41, 5.74) is -2.78. The van der Waals surface area contributed by atoms with Gasteiger partial charge in [0.2, 0.25) is 17.2 Å². The van der Waals surface area contributed by atoms with Gasteiger partial charge in [0.15, 0.2) is 0 Å². The number of nitro benzene ring substituents is 1. The van der Waals surface area contributed by atoms with Crippen LogP contribution in [0.15, 0.2) is 71.2 Å². The van der Waals surface area contributed by atoms with E-state index in [-0.39, 0.29) is 23.3 Å². The SMILES string of the molecule is O=C(O)N[C@@H](Cc1ccccc1)C(=O)N[C@@]12C(=O)c3cccc([N+](=O)[O-])c3[C@]1(O)Oc1cc(Br)ccc12. The maximum Gasteiger partial charge on any atom is 0.405 e. The van der Waals surface area contributed by atoms with Gasteiger partial charge in [0.1, 0.15) is 17.4 Å². The highest BCUT2D eigenvalue weighted by atomic mass is 79.9. The molecule has 37 heavy (non-hydrogen) atoms. The van der Waals surface area contributed by atoms with E-state index in [2.05, 4.69) is 26.6 Å². The van der Waals surface area contributed by atoms with Gasteiger partial charge in [-0.05, 0) is 17.7 Å². The summed E-state index contributed by atoms with van der Waals surface area (Å²) in [5.74, 6) is -4.44. The van der Waals surface area contributed by atoms with Crippen molar-refractivity contribution in [3.05, 3.63) is 104 Å². The zero-order valence-electron chi connectivity index (χ0n) is 18.8. The zero-order chi connectivity index (χ0) is 26.5. The van der Waals surface area contributed by atoms with Crippen molar-refractivity contribution in [2.45, 2.75) is 23.8 Å². The predicted molar refractivity (Wildman–Crippen MR) is 131 cm³/mol. The van der Waals surface area contributed by atoms with Crippen molar-refractivity contribution in [3.63, 3.8) is 0 Å². The molecule has 0 radical (unpaired) electrons. The number of hydrogen-bond donors (Lipinski definition) is 4. The molecule has 3 atom stereocenters. The van der Waals surface area contributed by atoms with E-state index in [9.17, 15) is 34.7 Å². The maximum atomic E-state index is 13.9. The number of aliphatic hydroxyl groups is 1. The fourth-order valence-electron chi connectivity index (χ4n) is 4.95. The molecule has 12 heteroatoms. The van der Waals surface area contributed by atoms with Crippen molar-refractivity contribution in [2.75, 3.05) is 0 Å². The van der Waals surface area contributed by atoms with Crippen molar-refractivity contribution in [1.82, 2.24) is 10.6 Å². The molecular weight excluding hydrogens is 550 g/mol. The van der Waals surface area contributed by atoms with Gasteiger partial charge in [-0.25, -0.2) is 4.79 Å². The molecule has 3 aromatic carbocycles. The van der Waals surface area contributed by atoms with E-state index in [1.807, 2.05) is 0 Å². The van der Waals surface area contributed by atoms with E-state index >= 15 is 0 Å². The topological polar surface area (TPSA) is 168 Å². The summed E-state index contributed by atoms with van der Waals surface area (Å²) in [6, 6.07) is 15.4. The molecule has 188 valence electrons. The molecule has 2 amide bonds. The molecule has 1 aliphatic carbocycles. The van der Waals surface area contributed by atoms with Gasteiger partial charge in [0.25, 0.3) is 11.5 Å². The van der Waals surface area contributed by atoms with Crippen LogP contribution in [-0.4, -0.2) is 39.0 Å². The van der Waals surface area contributed by atoms with Gasteiger partial charge in [0, 0.05) is 28.1 Å². The predicted octanol–water partition coefficient (Wildman–Crippen LogP) is 2.98. The van der Waals surface area contributed by atoms with Gasteiger partial charge in [0.05, 0.1) is 4.92 Å². The number of rotatable bonds is 6. The average Bonchev–Trinajstić information content (AvgIpc) is 3.20. The molecule has 0 unspecified atom stereocenters.